The summed E-state index contributed by atoms with van der Waals surface area (Å²) in [6, 6.07) is 0. The Balaban J connectivity index is 2.41. The van der Waals surface area contributed by atoms with Crippen molar-refractivity contribution in [2.45, 2.75) is 19.3 Å². The van der Waals surface area contributed by atoms with E-state index in [-0.39, 0.29) is 25.0 Å². The van der Waals surface area contributed by atoms with Gasteiger partial charge in [-0.05, 0) is 24.7 Å². The number of methoxy groups -OCH3 is 1. The quantitative estimate of drug-likeness (QED) is 0.627. The molecule has 1 fully saturated rings. The predicted molar refractivity (Wildman–Crippen MR) is 60.4 cm³/mol. The maximum Gasteiger partial charge on any atom is 0.421 e. The van der Waals surface area contributed by atoms with Crippen LogP contribution in [0.25, 0.3) is 0 Å². The van der Waals surface area contributed by atoms with Crippen LogP contribution in [0.1, 0.15) is 19.3 Å². The van der Waals surface area contributed by atoms with E-state index >= 15 is 0 Å². The lowest BCUT2D eigenvalue weighted by Crippen LogP contribution is -2.42. The number of carbonyl (C=O) groups excluding carboxylic acids is 1. The highest BCUT2D eigenvalue weighted by molar-refractivity contribution is 7.88. The molecule has 0 heterocycles. The van der Waals surface area contributed by atoms with Crippen LogP contribution in [-0.4, -0.2) is 39.9 Å². The zero-order valence-electron chi connectivity index (χ0n) is 9.68. The molecule has 1 aliphatic rings. The Bertz CT molecular complexity index is 356. The number of amides is 1. The first kappa shape index (κ1) is 14.2. The van der Waals surface area contributed by atoms with Crippen molar-refractivity contribution in [1.29, 1.82) is 0 Å². The van der Waals surface area contributed by atoms with Gasteiger partial charge in [0, 0.05) is 13.2 Å². The number of hydrogen-bond acceptors (Lipinski definition) is 5. The van der Waals surface area contributed by atoms with Crippen molar-refractivity contribution in [1.82, 2.24) is 9.44 Å². The van der Waals surface area contributed by atoms with Crippen molar-refractivity contribution in [2.75, 3.05) is 20.3 Å². The largest absolute Gasteiger partial charge is 0.452 e. The van der Waals surface area contributed by atoms with Gasteiger partial charge in [0.15, 0.2) is 0 Å². The van der Waals surface area contributed by atoms with E-state index in [1.807, 2.05) is 0 Å². The lowest BCUT2D eigenvalue weighted by molar-refractivity contribution is 0.177. The lowest BCUT2D eigenvalue weighted by Gasteiger charge is -2.17. The highest BCUT2D eigenvalue weighted by Crippen LogP contribution is 2.30. The summed E-state index contributed by atoms with van der Waals surface area (Å²) in [5.74, 6) is 0.255. The molecule has 1 rings (SSSR count). The summed E-state index contributed by atoms with van der Waals surface area (Å²) in [6.45, 7) is 0.286. The Morgan fingerprint density at radius 1 is 1.41 bits per heavy atom. The maximum atomic E-state index is 11.4. The molecular formula is C9H18N2O5S. The van der Waals surface area contributed by atoms with Gasteiger partial charge in [0.1, 0.15) is 0 Å². The first-order valence-electron chi connectivity index (χ1n) is 5.44. The fraction of sp³-hybridized carbons (Fsp3) is 0.889. The van der Waals surface area contributed by atoms with Gasteiger partial charge < -0.3 is 9.84 Å². The smallest absolute Gasteiger partial charge is 0.421 e. The number of aliphatic hydroxyl groups excluding tert-OH is 1. The third-order valence-corrected chi connectivity index (χ3v) is 3.97. The minimum absolute atomic E-state index is 0.0663. The second kappa shape index (κ2) is 6.18. The van der Waals surface area contributed by atoms with Crippen LogP contribution in [0.5, 0.6) is 0 Å². The first-order valence-corrected chi connectivity index (χ1v) is 6.93. The lowest BCUT2D eigenvalue weighted by atomic mass is 9.97. The van der Waals surface area contributed by atoms with Gasteiger partial charge in [-0.15, -0.1) is 0 Å². The van der Waals surface area contributed by atoms with Gasteiger partial charge in [0.05, 0.1) is 7.11 Å². The van der Waals surface area contributed by atoms with Gasteiger partial charge in [-0.1, -0.05) is 6.42 Å². The van der Waals surface area contributed by atoms with Crippen LogP contribution in [0, 0.1) is 11.8 Å². The molecule has 1 amide bonds. The van der Waals surface area contributed by atoms with E-state index in [1.165, 1.54) is 0 Å². The number of aliphatic hydroxyl groups is 1. The van der Waals surface area contributed by atoms with Crippen molar-refractivity contribution in [3.05, 3.63) is 0 Å². The van der Waals surface area contributed by atoms with E-state index in [1.54, 1.807) is 4.72 Å². The van der Waals surface area contributed by atoms with Crippen molar-refractivity contribution in [2.24, 2.45) is 11.8 Å². The van der Waals surface area contributed by atoms with Crippen LogP contribution in [0.4, 0.5) is 4.79 Å². The van der Waals surface area contributed by atoms with Crippen LogP contribution in [0.2, 0.25) is 0 Å². The van der Waals surface area contributed by atoms with E-state index < -0.39 is 16.3 Å². The van der Waals surface area contributed by atoms with E-state index in [0.717, 1.165) is 26.4 Å². The second-order valence-corrected chi connectivity index (χ2v) is 5.58. The standard InChI is InChI=1S/C9H18N2O5S/c1-16-9(13)11-17(14,15)10-5-7-3-2-4-8(7)6-12/h7-8,10,12H,2-6H2,1H3,(H,11,13). The molecule has 2 atom stereocenters. The van der Waals surface area contributed by atoms with Crippen molar-refractivity contribution >= 4 is 16.3 Å². The van der Waals surface area contributed by atoms with E-state index in [2.05, 4.69) is 9.46 Å². The number of hydrogen-bond donors (Lipinski definition) is 3. The summed E-state index contributed by atoms with van der Waals surface area (Å²) in [4.78, 5) is 10.8. The molecule has 2 unspecified atom stereocenters. The number of carbonyl (C=O) groups is 1. The highest BCUT2D eigenvalue weighted by atomic mass is 32.2. The van der Waals surface area contributed by atoms with Crippen LogP contribution >= 0.6 is 0 Å². The SMILES string of the molecule is COC(=O)NS(=O)(=O)NCC1CCCC1CO. The average molecular weight is 266 g/mol. The predicted octanol–water partition coefficient (Wildman–Crippen LogP) is -0.415. The van der Waals surface area contributed by atoms with E-state index in [4.69, 9.17) is 5.11 Å². The highest BCUT2D eigenvalue weighted by Gasteiger charge is 2.28. The Morgan fingerprint density at radius 2 is 2.06 bits per heavy atom. The topological polar surface area (TPSA) is 105 Å². The van der Waals surface area contributed by atoms with Crippen LogP contribution in [-0.2, 0) is 14.9 Å². The zero-order chi connectivity index (χ0) is 12.9. The Hall–Kier alpha value is -0.860. The zero-order valence-corrected chi connectivity index (χ0v) is 10.5. The molecule has 0 aromatic carbocycles. The third-order valence-electron chi connectivity index (χ3n) is 2.99. The van der Waals surface area contributed by atoms with E-state index in [9.17, 15) is 13.2 Å². The molecular weight excluding hydrogens is 248 g/mol. The molecule has 0 aromatic heterocycles. The van der Waals surface area contributed by atoms with Gasteiger partial charge in [-0.25, -0.2) is 9.52 Å². The Morgan fingerprint density at radius 3 is 2.65 bits per heavy atom. The Labute approximate surface area is 101 Å². The van der Waals surface area contributed by atoms with Crippen molar-refractivity contribution < 1.29 is 23.1 Å². The van der Waals surface area contributed by atoms with Gasteiger partial charge in [0.2, 0.25) is 0 Å². The van der Waals surface area contributed by atoms with Gasteiger partial charge in [0.25, 0.3) is 0 Å². The fourth-order valence-electron chi connectivity index (χ4n) is 2.03. The van der Waals surface area contributed by atoms with Crippen LogP contribution in [0.15, 0.2) is 0 Å². The maximum absolute atomic E-state index is 11.4. The number of rotatable bonds is 5. The molecule has 3 N–H and O–H groups in total. The molecule has 0 bridgehead atoms. The molecule has 7 nitrogen and oxygen atoms in total. The monoisotopic (exact) mass is 266 g/mol. The molecule has 100 valence electrons. The summed E-state index contributed by atoms with van der Waals surface area (Å²) in [5.41, 5.74) is 0. The minimum atomic E-state index is -3.87. The third kappa shape index (κ3) is 4.49. The number of ether oxygens (including phenoxy) is 1. The van der Waals surface area contributed by atoms with Gasteiger partial charge in [-0.2, -0.15) is 13.1 Å². The fourth-order valence-corrected chi connectivity index (χ4v) is 2.84. The normalized spacial score (nSPS) is 24.6. The Kier molecular flexibility index (Phi) is 5.16. The molecule has 0 aliphatic heterocycles. The van der Waals surface area contributed by atoms with Gasteiger partial charge in [-0.3, -0.25) is 0 Å². The molecule has 0 radical (unpaired) electrons. The summed E-state index contributed by atoms with van der Waals surface area (Å²) >= 11 is 0. The minimum Gasteiger partial charge on any atom is -0.452 e. The summed E-state index contributed by atoms with van der Waals surface area (Å²) in [6.07, 6.45) is 1.75. The van der Waals surface area contributed by atoms with Crippen molar-refractivity contribution in [3.63, 3.8) is 0 Å². The average Bonchev–Trinajstić information content (AvgIpc) is 2.73. The number of nitrogens with one attached hydrogen (secondary N) is 2. The van der Waals surface area contributed by atoms with Gasteiger partial charge >= 0.3 is 16.3 Å². The van der Waals surface area contributed by atoms with Crippen molar-refractivity contribution in [3.8, 4) is 0 Å². The second-order valence-electron chi connectivity index (χ2n) is 4.08. The van der Waals surface area contributed by atoms with Crippen LogP contribution in [0.3, 0.4) is 0 Å². The molecule has 17 heavy (non-hydrogen) atoms. The summed E-state index contributed by atoms with van der Waals surface area (Å²) in [7, 11) is -2.78. The molecule has 8 heteroatoms. The molecule has 0 saturated heterocycles. The van der Waals surface area contributed by atoms with Crippen LogP contribution < -0.4 is 9.44 Å². The molecule has 1 aliphatic carbocycles. The summed E-state index contributed by atoms with van der Waals surface area (Å²) in [5, 5.41) is 9.08. The molecule has 1 saturated carbocycles. The van der Waals surface area contributed by atoms with E-state index in [0.29, 0.717) is 0 Å². The summed E-state index contributed by atoms with van der Waals surface area (Å²) < 4.78 is 30.9. The first-order chi connectivity index (χ1) is 7.98. The molecule has 0 spiro atoms. The molecule has 0 aromatic rings.